The Labute approximate surface area is 164 Å². The third-order valence-corrected chi connectivity index (χ3v) is 4.79. The molecule has 1 fully saturated rings. The fourth-order valence-electron chi connectivity index (χ4n) is 3.13. The molecule has 0 radical (unpaired) electrons. The molecule has 1 amide bonds. The number of nitrogens with one attached hydrogen (secondary N) is 1. The molecule has 2 aromatic heterocycles. The van der Waals surface area contributed by atoms with Crippen LogP contribution < -0.4 is 4.90 Å². The lowest BCUT2D eigenvalue weighted by Crippen LogP contribution is -2.30. The van der Waals surface area contributed by atoms with Crippen molar-refractivity contribution >= 4 is 34.9 Å². The lowest BCUT2D eigenvalue weighted by molar-refractivity contribution is -0.117. The molecule has 0 spiro atoms. The summed E-state index contributed by atoms with van der Waals surface area (Å²) in [5.74, 6) is 1.59. The zero-order valence-electron chi connectivity index (χ0n) is 15.7. The predicted octanol–water partition coefficient (Wildman–Crippen LogP) is 3.97. The van der Waals surface area contributed by atoms with Crippen LogP contribution in [0.15, 0.2) is 36.5 Å². The van der Waals surface area contributed by atoms with E-state index in [0.717, 1.165) is 60.7 Å². The number of pyridine rings is 1. The van der Waals surface area contributed by atoms with Gasteiger partial charge in [0.25, 0.3) is 0 Å². The van der Waals surface area contributed by atoms with E-state index in [1.165, 1.54) is 0 Å². The number of hydrogen-bond acceptors (Lipinski definition) is 4. The summed E-state index contributed by atoms with van der Waals surface area (Å²) in [6.45, 7) is 7.10. The molecule has 1 saturated heterocycles. The van der Waals surface area contributed by atoms with Gasteiger partial charge in [0.2, 0.25) is 6.41 Å². The van der Waals surface area contributed by atoms with Gasteiger partial charge in [-0.05, 0) is 24.6 Å². The van der Waals surface area contributed by atoms with Gasteiger partial charge >= 0.3 is 0 Å². The van der Waals surface area contributed by atoms with Gasteiger partial charge in [0, 0.05) is 37.9 Å². The summed E-state index contributed by atoms with van der Waals surface area (Å²) >= 11 is 6.38. The highest BCUT2D eigenvalue weighted by molar-refractivity contribution is 6.33. The minimum atomic E-state index is 0.562. The van der Waals surface area contributed by atoms with Gasteiger partial charge in [-0.3, -0.25) is 4.79 Å². The Morgan fingerprint density at radius 1 is 1.15 bits per heavy atom. The number of hydrogen-bond donors (Lipinski definition) is 1. The number of rotatable bonds is 3. The van der Waals surface area contributed by atoms with Gasteiger partial charge in [-0.15, -0.1) is 0 Å². The second-order valence-corrected chi connectivity index (χ2v) is 6.51. The highest BCUT2D eigenvalue weighted by Crippen LogP contribution is 2.30. The maximum absolute atomic E-state index is 11.0. The Hall–Kier alpha value is -2.60. The third-order valence-electron chi connectivity index (χ3n) is 4.49. The molecular weight excluding hydrogens is 362 g/mol. The van der Waals surface area contributed by atoms with Gasteiger partial charge < -0.3 is 14.8 Å². The maximum atomic E-state index is 11.0. The van der Waals surface area contributed by atoms with Crippen molar-refractivity contribution in [3.05, 3.63) is 41.6 Å². The second-order valence-electron chi connectivity index (χ2n) is 6.11. The molecule has 1 N–H and O–H groups in total. The summed E-state index contributed by atoms with van der Waals surface area (Å²) in [5.41, 5.74) is 2.71. The van der Waals surface area contributed by atoms with E-state index in [0.29, 0.717) is 11.6 Å². The summed E-state index contributed by atoms with van der Waals surface area (Å²) in [6.07, 6.45) is 3.50. The molecule has 0 atom stereocenters. The average Bonchev–Trinajstić information content (AvgIpc) is 3.00. The first-order valence-corrected chi connectivity index (χ1v) is 9.67. The minimum Gasteiger partial charge on any atom is -0.355 e. The first kappa shape index (κ1) is 19.2. The highest BCUT2D eigenvalue weighted by Gasteiger charge is 2.17. The summed E-state index contributed by atoms with van der Waals surface area (Å²) in [7, 11) is 0. The van der Waals surface area contributed by atoms with E-state index in [2.05, 4.69) is 19.9 Å². The van der Waals surface area contributed by atoms with Crippen molar-refractivity contribution in [3.63, 3.8) is 0 Å². The Kier molecular flexibility index (Phi) is 6.29. The van der Waals surface area contributed by atoms with Crippen molar-refractivity contribution in [3.8, 4) is 11.4 Å². The molecule has 7 heteroatoms. The molecule has 1 aliphatic heterocycles. The van der Waals surface area contributed by atoms with E-state index < -0.39 is 0 Å². The van der Waals surface area contributed by atoms with Crippen molar-refractivity contribution in [2.45, 2.75) is 20.3 Å². The van der Waals surface area contributed by atoms with Gasteiger partial charge in [0.1, 0.15) is 11.6 Å². The number of carbonyl (C=O) groups is 1. The molecule has 3 aromatic rings. The number of fused-ring (bicyclic) bond motifs is 1. The molecule has 1 aliphatic rings. The van der Waals surface area contributed by atoms with E-state index in [-0.39, 0.29) is 0 Å². The highest BCUT2D eigenvalue weighted by atomic mass is 35.5. The number of amides is 1. The summed E-state index contributed by atoms with van der Waals surface area (Å²) < 4.78 is 0. The van der Waals surface area contributed by atoms with Gasteiger partial charge in [-0.25, -0.2) is 9.97 Å². The molecule has 3 heterocycles. The molecule has 142 valence electrons. The van der Waals surface area contributed by atoms with Gasteiger partial charge in [0.15, 0.2) is 0 Å². The van der Waals surface area contributed by atoms with Crippen molar-refractivity contribution in [1.82, 2.24) is 19.9 Å². The number of benzene rings is 1. The lowest BCUT2D eigenvalue weighted by atomic mass is 10.2. The predicted molar refractivity (Wildman–Crippen MR) is 110 cm³/mol. The zero-order chi connectivity index (χ0) is 19.2. The van der Waals surface area contributed by atoms with Crippen LogP contribution in [0.1, 0.15) is 20.3 Å². The molecule has 1 aromatic carbocycles. The van der Waals surface area contributed by atoms with Crippen molar-refractivity contribution in [2.75, 3.05) is 31.1 Å². The van der Waals surface area contributed by atoms with Crippen LogP contribution in [0.5, 0.6) is 0 Å². The van der Waals surface area contributed by atoms with Crippen LogP contribution in [0.4, 0.5) is 5.82 Å². The third kappa shape index (κ3) is 4.22. The molecule has 0 unspecified atom stereocenters. The minimum absolute atomic E-state index is 0.562. The largest absolute Gasteiger partial charge is 0.355 e. The topological polar surface area (TPSA) is 65.1 Å². The van der Waals surface area contributed by atoms with Crippen molar-refractivity contribution < 1.29 is 4.79 Å². The number of anilines is 1. The van der Waals surface area contributed by atoms with E-state index >= 15 is 0 Å². The van der Waals surface area contributed by atoms with Gasteiger partial charge in [0.05, 0.1) is 16.1 Å². The van der Waals surface area contributed by atoms with E-state index in [1.807, 2.05) is 44.2 Å². The van der Waals surface area contributed by atoms with Gasteiger partial charge in [-0.1, -0.05) is 37.6 Å². The van der Waals surface area contributed by atoms with E-state index in [4.69, 9.17) is 11.6 Å². The smallest absolute Gasteiger partial charge is 0.209 e. The quantitative estimate of drug-likeness (QED) is 0.693. The molecular formula is C20H24ClN5O. The van der Waals surface area contributed by atoms with Crippen molar-refractivity contribution in [2.24, 2.45) is 0 Å². The number of halogens is 1. The number of imidazole rings is 1. The Balaban J connectivity index is 0.00000102. The number of aromatic amines is 1. The normalized spacial score (nSPS) is 14.5. The van der Waals surface area contributed by atoms with Gasteiger partial charge in [-0.2, -0.15) is 0 Å². The first-order chi connectivity index (χ1) is 13.2. The monoisotopic (exact) mass is 385 g/mol. The van der Waals surface area contributed by atoms with Crippen LogP contribution in [0.2, 0.25) is 5.02 Å². The average molecular weight is 386 g/mol. The Morgan fingerprint density at radius 2 is 1.96 bits per heavy atom. The molecule has 4 rings (SSSR count). The van der Waals surface area contributed by atoms with Crippen molar-refractivity contribution in [1.29, 1.82) is 0 Å². The zero-order valence-corrected chi connectivity index (χ0v) is 16.4. The summed E-state index contributed by atoms with van der Waals surface area (Å²) in [4.78, 5) is 27.4. The summed E-state index contributed by atoms with van der Waals surface area (Å²) in [5, 5.41) is 0.562. The van der Waals surface area contributed by atoms with E-state index in [1.54, 1.807) is 11.1 Å². The van der Waals surface area contributed by atoms with Crippen LogP contribution in [0, 0.1) is 0 Å². The van der Waals surface area contributed by atoms with Crippen LogP contribution in [-0.2, 0) is 4.79 Å². The maximum Gasteiger partial charge on any atom is 0.209 e. The number of para-hydroxylation sites is 2. The number of H-pyrrole nitrogens is 1. The van der Waals surface area contributed by atoms with Crippen LogP contribution in [0.3, 0.4) is 0 Å². The first-order valence-electron chi connectivity index (χ1n) is 9.29. The SMILES string of the molecule is CC.O=CN1CCCN(c2cc(-c3nc4ccccc4[nH]3)c(Cl)cn2)CC1. The fraction of sp³-hybridized carbons (Fsp3) is 0.350. The van der Waals surface area contributed by atoms with Crippen LogP contribution in [0.25, 0.3) is 22.4 Å². The number of nitrogens with zero attached hydrogens (tertiary/aromatic N) is 4. The molecule has 6 nitrogen and oxygen atoms in total. The molecule has 0 saturated carbocycles. The fourth-order valence-corrected chi connectivity index (χ4v) is 3.33. The summed E-state index contributed by atoms with van der Waals surface area (Å²) in [6, 6.07) is 9.86. The molecule has 0 bridgehead atoms. The lowest BCUT2D eigenvalue weighted by Gasteiger charge is -2.22. The standard InChI is InChI=1S/C18H18ClN5O.C2H6/c19-14-11-20-17(24-7-3-6-23(12-25)8-9-24)10-13(14)18-21-15-4-1-2-5-16(15)22-18;1-2/h1-2,4-5,10-12H,3,6-9H2,(H,21,22);1-2H3. The Morgan fingerprint density at radius 3 is 2.74 bits per heavy atom. The molecule has 0 aliphatic carbocycles. The second kappa shape index (κ2) is 8.86. The molecule has 27 heavy (non-hydrogen) atoms. The van der Waals surface area contributed by atoms with Crippen LogP contribution in [-0.4, -0.2) is 52.4 Å². The van der Waals surface area contributed by atoms with Crippen LogP contribution >= 0.6 is 11.6 Å². The number of aromatic nitrogens is 3. The number of carbonyl (C=O) groups excluding carboxylic acids is 1. The Bertz CT molecular complexity index is 877. The van der Waals surface area contributed by atoms with E-state index in [9.17, 15) is 4.79 Å².